The van der Waals surface area contributed by atoms with Gasteiger partial charge in [0.2, 0.25) is 0 Å². The molecule has 1 aromatic carbocycles. The molecule has 2 atom stereocenters. The fourth-order valence-electron chi connectivity index (χ4n) is 3.39. The van der Waals surface area contributed by atoms with Crippen molar-refractivity contribution in [2.24, 2.45) is 0 Å². The lowest BCUT2D eigenvalue weighted by Gasteiger charge is -2.28. The summed E-state index contributed by atoms with van der Waals surface area (Å²) in [5.41, 5.74) is 1.25. The van der Waals surface area contributed by atoms with E-state index >= 15 is 0 Å². The van der Waals surface area contributed by atoms with Gasteiger partial charge in [0, 0.05) is 15.7 Å². The van der Waals surface area contributed by atoms with Gasteiger partial charge in [0.15, 0.2) is 0 Å². The first-order chi connectivity index (χ1) is 9.22. The number of fused-ring (bicyclic) bond motifs is 1. The van der Waals surface area contributed by atoms with Crippen LogP contribution in [0, 0.1) is 3.57 Å². The number of halogens is 1. The fourth-order valence-corrected chi connectivity index (χ4v) is 3.75. The molecule has 0 radical (unpaired) electrons. The largest absolute Gasteiger partial charge is 0.394 e. The summed E-state index contributed by atoms with van der Waals surface area (Å²) in [7, 11) is 0. The van der Waals surface area contributed by atoms with E-state index in [2.05, 4.69) is 51.8 Å². The van der Waals surface area contributed by atoms with Crippen LogP contribution in [0.4, 0.5) is 0 Å². The van der Waals surface area contributed by atoms with E-state index in [0.717, 1.165) is 25.9 Å². The van der Waals surface area contributed by atoms with Crippen LogP contribution >= 0.6 is 22.6 Å². The minimum Gasteiger partial charge on any atom is -0.394 e. The maximum atomic E-state index is 9.66. The summed E-state index contributed by atoms with van der Waals surface area (Å²) in [6.07, 6.45) is 3.58. The zero-order valence-corrected chi connectivity index (χ0v) is 13.2. The summed E-state index contributed by atoms with van der Waals surface area (Å²) >= 11 is 2.31. The zero-order valence-electron chi connectivity index (χ0n) is 11.0. The van der Waals surface area contributed by atoms with E-state index in [1.54, 1.807) is 0 Å². The zero-order chi connectivity index (χ0) is 13.3. The third-order valence-electron chi connectivity index (χ3n) is 4.47. The maximum absolute atomic E-state index is 9.66. The molecule has 0 spiro atoms. The molecule has 2 aliphatic heterocycles. The third kappa shape index (κ3) is 2.82. The summed E-state index contributed by atoms with van der Waals surface area (Å²) < 4.78 is 7.29. The Balaban J connectivity index is 1.56. The van der Waals surface area contributed by atoms with Crippen LogP contribution in [0.5, 0.6) is 0 Å². The molecule has 0 aliphatic carbocycles. The van der Waals surface area contributed by atoms with Crippen LogP contribution in [-0.4, -0.2) is 41.3 Å². The van der Waals surface area contributed by atoms with Gasteiger partial charge in [-0.2, -0.15) is 0 Å². The van der Waals surface area contributed by atoms with Gasteiger partial charge in [-0.05, 0) is 66.1 Å². The highest BCUT2D eigenvalue weighted by molar-refractivity contribution is 14.1. The van der Waals surface area contributed by atoms with Gasteiger partial charge in [0.1, 0.15) is 0 Å². The number of nitrogens with zero attached hydrogens (tertiary/aromatic N) is 1. The Hall–Kier alpha value is -0.170. The van der Waals surface area contributed by atoms with Gasteiger partial charge in [0.25, 0.3) is 0 Å². The molecular weight excluding hydrogens is 353 g/mol. The van der Waals surface area contributed by atoms with E-state index in [-0.39, 0.29) is 18.2 Å². The van der Waals surface area contributed by atoms with Crippen molar-refractivity contribution in [3.63, 3.8) is 0 Å². The van der Waals surface area contributed by atoms with Crippen molar-refractivity contribution < 1.29 is 9.84 Å². The number of aliphatic hydroxyl groups is 1. The molecule has 2 saturated heterocycles. The molecular formula is C15H20INO2. The highest BCUT2D eigenvalue weighted by Crippen LogP contribution is 2.39. The van der Waals surface area contributed by atoms with Gasteiger partial charge in [-0.3, -0.25) is 4.90 Å². The van der Waals surface area contributed by atoms with Crippen molar-refractivity contribution in [3.05, 3.63) is 33.4 Å². The van der Waals surface area contributed by atoms with E-state index in [4.69, 9.17) is 4.74 Å². The van der Waals surface area contributed by atoms with Crippen LogP contribution in [0.2, 0.25) is 0 Å². The maximum Gasteiger partial charge on any atom is 0.0725 e. The van der Waals surface area contributed by atoms with Crippen LogP contribution in [0.3, 0.4) is 0 Å². The number of aliphatic hydroxyl groups excluding tert-OH is 1. The van der Waals surface area contributed by atoms with Crippen LogP contribution in [0.15, 0.2) is 24.3 Å². The van der Waals surface area contributed by atoms with E-state index in [9.17, 15) is 5.11 Å². The molecule has 0 saturated carbocycles. The quantitative estimate of drug-likeness (QED) is 0.823. The molecule has 104 valence electrons. The van der Waals surface area contributed by atoms with E-state index < -0.39 is 0 Å². The molecule has 2 fully saturated rings. The second-order valence-electron chi connectivity index (χ2n) is 5.70. The highest BCUT2D eigenvalue weighted by Gasteiger charge is 2.48. The molecule has 2 heterocycles. The summed E-state index contributed by atoms with van der Waals surface area (Å²) in [4.78, 5) is 2.42. The number of hydrogen-bond acceptors (Lipinski definition) is 3. The second-order valence-corrected chi connectivity index (χ2v) is 6.94. The van der Waals surface area contributed by atoms with Gasteiger partial charge in [-0.1, -0.05) is 12.1 Å². The summed E-state index contributed by atoms with van der Waals surface area (Å²) in [6.45, 7) is 3.04. The first-order valence-electron chi connectivity index (χ1n) is 6.94. The number of hydrogen-bond donors (Lipinski definition) is 1. The van der Waals surface area contributed by atoms with Crippen LogP contribution in [0.1, 0.15) is 24.8 Å². The minimum atomic E-state index is 0.0245. The first kappa shape index (κ1) is 13.8. The molecule has 0 aromatic heterocycles. The molecule has 0 unspecified atom stereocenters. The summed E-state index contributed by atoms with van der Waals surface area (Å²) in [6, 6.07) is 8.47. The molecule has 4 heteroatoms. The number of benzene rings is 1. The molecule has 3 rings (SSSR count). The molecule has 0 amide bonds. The topological polar surface area (TPSA) is 32.7 Å². The average molecular weight is 373 g/mol. The standard InChI is InChI=1S/C15H20INO2/c16-13-4-2-12(3-5-13)10-19-14-8-15(11-18)6-1-7-17(15)9-14/h2-5,14,18H,1,6-11H2/t14-,15+/m1/s1. The Kier molecular flexibility index (Phi) is 4.12. The van der Waals surface area contributed by atoms with Crippen molar-refractivity contribution in [2.45, 2.75) is 37.5 Å². The second kappa shape index (κ2) is 5.68. The van der Waals surface area contributed by atoms with Crippen LogP contribution < -0.4 is 0 Å². The average Bonchev–Trinajstić information content (AvgIpc) is 2.95. The number of ether oxygens (including phenoxy) is 1. The fraction of sp³-hybridized carbons (Fsp3) is 0.600. The monoisotopic (exact) mass is 373 g/mol. The van der Waals surface area contributed by atoms with Gasteiger partial charge in [-0.15, -0.1) is 0 Å². The minimum absolute atomic E-state index is 0.0245. The Morgan fingerprint density at radius 3 is 2.84 bits per heavy atom. The van der Waals surface area contributed by atoms with Gasteiger partial charge < -0.3 is 9.84 Å². The Bertz CT molecular complexity index is 436. The number of rotatable bonds is 4. The Morgan fingerprint density at radius 1 is 1.37 bits per heavy atom. The summed E-state index contributed by atoms with van der Waals surface area (Å²) in [5, 5.41) is 9.66. The van der Waals surface area contributed by atoms with Crippen LogP contribution in [0.25, 0.3) is 0 Å². The van der Waals surface area contributed by atoms with Gasteiger partial charge in [0.05, 0.1) is 19.3 Å². The van der Waals surface area contributed by atoms with E-state index in [0.29, 0.717) is 6.61 Å². The van der Waals surface area contributed by atoms with Crippen molar-refractivity contribution in [1.82, 2.24) is 4.90 Å². The third-order valence-corrected chi connectivity index (χ3v) is 5.19. The lowest BCUT2D eigenvalue weighted by atomic mass is 9.94. The molecule has 1 aromatic rings. The normalized spacial score (nSPS) is 30.7. The lowest BCUT2D eigenvalue weighted by molar-refractivity contribution is 0.0437. The molecule has 1 N–H and O–H groups in total. The van der Waals surface area contributed by atoms with Gasteiger partial charge in [-0.25, -0.2) is 0 Å². The van der Waals surface area contributed by atoms with E-state index in [1.807, 2.05) is 0 Å². The predicted octanol–water partition coefficient (Wildman–Crippen LogP) is 2.41. The van der Waals surface area contributed by atoms with Crippen LogP contribution in [-0.2, 0) is 11.3 Å². The lowest BCUT2D eigenvalue weighted by Crippen LogP contribution is -2.41. The van der Waals surface area contributed by atoms with E-state index in [1.165, 1.54) is 15.6 Å². The Morgan fingerprint density at radius 2 is 2.16 bits per heavy atom. The molecule has 2 aliphatic rings. The first-order valence-corrected chi connectivity index (χ1v) is 8.02. The molecule has 19 heavy (non-hydrogen) atoms. The molecule has 3 nitrogen and oxygen atoms in total. The van der Waals surface area contributed by atoms with Crippen molar-refractivity contribution in [3.8, 4) is 0 Å². The van der Waals surface area contributed by atoms with Gasteiger partial charge >= 0.3 is 0 Å². The highest BCUT2D eigenvalue weighted by atomic mass is 127. The SMILES string of the molecule is OC[C@@]12CCCN1C[C@H](OCc1ccc(I)cc1)C2. The molecule has 0 bridgehead atoms. The van der Waals surface area contributed by atoms with Crippen molar-refractivity contribution in [2.75, 3.05) is 19.7 Å². The Labute approximate surface area is 128 Å². The van der Waals surface area contributed by atoms with Crippen molar-refractivity contribution in [1.29, 1.82) is 0 Å². The summed E-state index contributed by atoms with van der Waals surface area (Å²) in [5.74, 6) is 0. The van der Waals surface area contributed by atoms with Crippen molar-refractivity contribution >= 4 is 22.6 Å². The smallest absolute Gasteiger partial charge is 0.0725 e. The predicted molar refractivity (Wildman–Crippen MR) is 83.0 cm³/mol.